The predicted octanol–water partition coefficient (Wildman–Crippen LogP) is 3.64. The molecule has 1 atom stereocenters. The van der Waals surface area contributed by atoms with Crippen LogP contribution in [0.3, 0.4) is 0 Å². The van der Waals surface area contributed by atoms with E-state index in [0.29, 0.717) is 11.6 Å². The molecule has 130 valence electrons. The average molecular weight is 357 g/mol. The summed E-state index contributed by atoms with van der Waals surface area (Å²) in [4.78, 5) is 16.2. The van der Waals surface area contributed by atoms with Crippen LogP contribution in [-0.2, 0) is 17.8 Å². The van der Waals surface area contributed by atoms with Gasteiger partial charge in [-0.05, 0) is 37.3 Å². The van der Waals surface area contributed by atoms with Gasteiger partial charge in [-0.3, -0.25) is 9.48 Å². The minimum absolute atomic E-state index is 0.0738. The Balaban J connectivity index is 1.40. The smallest absolute Gasteiger partial charge is 0.229 e. The first kappa shape index (κ1) is 16.2. The number of rotatable bonds is 5. The molecule has 2 aromatic heterocycles. The summed E-state index contributed by atoms with van der Waals surface area (Å²) >= 11 is 5.85. The van der Waals surface area contributed by atoms with Crippen molar-refractivity contribution in [1.29, 1.82) is 0 Å². The van der Waals surface area contributed by atoms with Gasteiger partial charge in [-0.1, -0.05) is 29.8 Å². The number of halogens is 1. The van der Waals surface area contributed by atoms with Crippen LogP contribution < -0.4 is 5.32 Å². The number of nitrogens with zero attached hydrogens (tertiary/aromatic N) is 2. The maximum atomic E-state index is 12.7. The van der Waals surface area contributed by atoms with Gasteiger partial charge in [0.15, 0.2) is 0 Å². The first-order valence-corrected chi connectivity index (χ1v) is 9.15. The van der Waals surface area contributed by atoms with Gasteiger partial charge in [0.2, 0.25) is 5.91 Å². The van der Waals surface area contributed by atoms with Crippen molar-refractivity contribution in [1.82, 2.24) is 20.1 Å². The number of nitrogens with one attached hydrogen (secondary N) is 2. The Bertz CT molecular complexity index is 898. The van der Waals surface area contributed by atoms with E-state index in [1.54, 1.807) is 17.1 Å². The van der Waals surface area contributed by atoms with E-state index in [2.05, 4.69) is 33.6 Å². The first-order chi connectivity index (χ1) is 12.2. The van der Waals surface area contributed by atoms with Gasteiger partial charge in [0, 0.05) is 35.9 Å². The van der Waals surface area contributed by atoms with Crippen LogP contribution in [0.4, 0.5) is 0 Å². The largest absolute Gasteiger partial charge is 0.357 e. The quantitative estimate of drug-likeness (QED) is 0.685. The van der Waals surface area contributed by atoms with Crippen LogP contribution in [-0.4, -0.2) is 27.2 Å². The summed E-state index contributed by atoms with van der Waals surface area (Å²) in [5.41, 5.74) is 3.54. The number of benzene rings is 1. The lowest BCUT2D eigenvalue weighted by atomic mass is 9.86. The zero-order valence-corrected chi connectivity index (χ0v) is 14.7. The molecule has 0 bridgehead atoms. The Kier molecular flexibility index (Phi) is 4.49. The van der Waals surface area contributed by atoms with Gasteiger partial charge in [-0.25, -0.2) is 0 Å². The SMILES string of the molecule is O=C(NCCCn1cc(Cl)cn1)C1CCCc2c1[nH]c1ccccc21. The maximum absolute atomic E-state index is 12.7. The minimum Gasteiger partial charge on any atom is -0.357 e. The van der Waals surface area contributed by atoms with Crippen LogP contribution in [0.1, 0.15) is 36.4 Å². The molecule has 0 saturated carbocycles. The maximum Gasteiger partial charge on any atom is 0.229 e. The fourth-order valence-electron chi connectivity index (χ4n) is 3.71. The van der Waals surface area contributed by atoms with Crippen LogP contribution in [0.25, 0.3) is 10.9 Å². The molecular formula is C19H21ClN4O. The normalized spacial score (nSPS) is 16.8. The van der Waals surface area contributed by atoms with Gasteiger partial charge < -0.3 is 10.3 Å². The van der Waals surface area contributed by atoms with E-state index in [0.717, 1.165) is 43.4 Å². The number of aromatic nitrogens is 3. The fourth-order valence-corrected chi connectivity index (χ4v) is 3.87. The lowest BCUT2D eigenvalue weighted by Gasteiger charge is -2.22. The third-order valence-electron chi connectivity index (χ3n) is 4.90. The standard InChI is InChI=1S/C19H21ClN4O/c20-13-11-22-24(12-13)10-4-9-21-19(25)16-7-3-6-15-14-5-1-2-8-17(14)23-18(15)16/h1-2,5,8,11-12,16,23H,3-4,6-7,9-10H2,(H,21,25). The van der Waals surface area contributed by atoms with Crippen molar-refractivity contribution in [2.75, 3.05) is 6.54 Å². The number of carbonyl (C=O) groups is 1. The number of amides is 1. The van der Waals surface area contributed by atoms with Crippen molar-refractivity contribution in [3.05, 3.63) is 52.9 Å². The number of aryl methyl sites for hydroxylation is 2. The first-order valence-electron chi connectivity index (χ1n) is 8.77. The number of para-hydroxylation sites is 1. The molecule has 1 aliphatic rings. The van der Waals surface area contributed by atoms with E-state index in [4.69, 9.17) is 11.6 Å². The molecule has 0 radical (unpaired) electrons. The lowest BCUT2D eigenvalue weighted by molar-refractivity contribution is -0.122. The van der Waals surface area contributed by atoms with E-state index in [-0.39, 0.29) is 11.8 Å². The summed E-state index contributed by atoms with van der Waals surface area (Å²) in [6.45, 7) is 1.39. The van der Waals surface area contributed by atoms with Crippen molar-refractivity contribution in [3.63, 3.8) is 0 Å². The summed E-state index contributed by atoms with van der Waals surface area (Å²) in [6, 6.07) is 8.31. The summed E-state index contributed by atoms with van der Waals surface area (Å²) in [6.07, 6.45) is 7.25. The summed E-state index contributed by atoms with van der Waals surface area (Å²) in [7, 11) is 0. The molecule has 5 nitrogen and oxygen atoms in total. The minimum atomic E-state index is -0.0738. The summed E-state index contributed by atoms with van der Waals surface area (Å²) in [5.74, 6) is 0.0429. The lowest BCUT2D eigenvalue weighted by Crippen LogP contribution is -2.32. The number of aromatic amines is 1. The molecule has 2 heterocycles. The Morgan fingerprint density at radius 1 is 1.40 bits per heavy atom. The van der Waals surface area contributed by atoms with E-state index in [9.17, 15) is 4.79 Å². The van der Waals surface area contributed by atoms with Crippen LogP contribution in [0, 0.1) is 0 Å². The summed E-state index contributed by atoms with van der Waals surface area (Å²) < 4.78 is 1.80. The molecule has 25 heavy (non-hydrogen) atoms. The molecule has 1 aromatic carbocycles. The molecule has 1 amide bonds. The molecule has 2 N–H and O–H groups in total. The molecule has 3 aromatic rings. The third-order valence-corrected chi connectivity index (χ3v) is 5.09. The highest BCUT2D eigenvalue weighted by molar-refractivity contribution is 6.30. The van der Waals surface area contributed by atoms with Crippen LogP contribution in [0.15, 0.2) is 36.7 Å². The van der Waals surface area contributed by atoms with Gasteiger partial charge >= 0.3 is 0 Å². The van der Waals surface area contributed by atoms with E-state index in [1.165, 1.54) is 10.9 Å². The highest BCUT2D eigenvalue weighted by Gasteiger charge is 2.29. The molecule has 4 rings (SSSR count). The Morgan fingerprint density at radius 2 is 2.28 bits per heavy atom. The van der Waals surface area contributed by atoms with Crippen LogP contribution >= 0.6 is 11.6 Å². The molecule has 1 aliphatic carbocycles. The van der Waals surface area contributed by atoms with E-state index in [1.807, 2.05) is 6.07 Å². The van der Waals surface area contributed by atoms with E-state index >= 15 is 0 Å². The number of fused-ring (bicyclic) bond motifs is 3. The van der Waals surface area contributed by atoms with Gasteiger partial charge in [0.25, 0.3) is 0 Å². The fraction of sp³-hybridized carbons (Fsp3) is 0.368. The summed E-state index contributed by atoms with van der Waals surface area (Å²) in [5, 5.41) is 9.12. The zero-order chi connectivity index (χ0) is 17.2. The average Bonchev–Trinajstić information content (AvgIpc) is 3.21. The van der Waals surface area contributed by atoms with Gasteiger partial charge in [0.05, 0.1) is 17.1 Å². The zero-order valence-electron chi connectivity index (χ0n) is 14.0. The number of hydrogen-bond donors (Lipinski definition) is 2. The highest BCUT2D eigenvalue weighted by Crippen LogP contribution is 2.36. The predicted molar refractivity (Wildman–Crippen MR) is 98.8 cm³/mol. The van der Waals surface area contributed by atoms with Gasteiger partial charge in [-0.15, -0.1) is 0 Å². The number of hydrogen-bond acceptors (Lipinski definition) is 2. The molecule has 6 heteroatoms. The molecule has 0 aliphatic heterocycles. The van der Waals surface area contributed by atoms with Crippen molar-refractivity contribution in [2.24, 2.45) is 0 Å². The molecule has 0 spiro atoms. The monoisotopic (exact) mass is 356 g/mol. The second-order valence-electron chi connectivity index (χ2n) is 6.57. The van der Waals surface area contributed by atoms with Gasteiger partial charge in [-0.2, -0.15) is 5.10 Å². The Morgan fingerprint density at radius 3 is 3.12 bits per heavy atom. The second kappa shape index (κ2) is 6.92. The molecule has 0 fully saturated rings. The van der Waals surface area contributed by atoms with E-state index < -0.39 is 0 Å². The highest BCUT2D eigenvalue weighted by atomic mass is 35.5. The van der Waals surface area contributed by atoms with Crippen molar-refractivity contribution in [2.45, 2.75) is 38.1 Å². The van der Waals surface area contributed by atoms with Crippen molar-refractivity contribution < 1.29 is 4.79 Å². The second-order valence-corrected chi connectivity index (χ2v) is 7.01. The number of H-pyrrole nitrogens is 1. The topological polar surface area (TPSA) is 62.7 Å². The molecule has 1 unspecified atom stereocenters. The third kappa shape index (κ3) is 3.29. The van der Waals surface area contributed by atoms with Crippen LogP contribution in [0.5, 0.6) is 0 Å². The molecule has 0 saturated heterocycles. The van der Waals surface area contributed by atoms with Gasteiger partial charge in [0.1, 0.15) is 0 Å². The number of carbonyl (C=O) groups excluding carboxylic acids is 1. The van der Waals surface area contributed by atoms with Crippen LogP contribution in [0.2, 0.25) is 5.02 Å². The van der Waals surface area contributed by atoms with Crippen molar-refractivity contribution in [3.8, 4) is 0 Å². The van der Waals surface area contributed by atoms with Crippen molar-refractivity contribution >= 4 is 28.4 Å². The molecular weight excluding hydrogens is 336 g/mol. The Hall–Kier alpha value is -2.27. The Labute approximate surface area is 151 Å².